The van der Waals surface area contributed by atoms with Crippen molar-refractivity contribution in [3.8, 4) is 5.75 Å². The highest BCUT2D eigenvalue weighted by molar-refractivity contribution is 6.17. The van der Waals surface area contributed by atoms with E-state index < -0.39 is 0 Å². The molecule has 0 amide bonds. The lowest BCUT2D eigenvalue weighted by Crippen LogP contribution is -2.28. The quantitative estimate of drug-likeness (QED) is 0.154. The maximum atomic E-state index is 13.6. The fourth-order valence-corrected chi connectivity index (χ4v) is 4.49. The number of rotatable bonds is 17. The number of carbonyl (C=O) groups excluding carboxylic acids is 1. The molecule has 196 valence electrons. The van der Waals surface area contributed by atoms with Gasteiger partial charge in [0.15, 0.2) is 5.78 Å². The van der Waals surface area contributed by atoms with E-state index in [1.807, 2.05) is 49.5 Å². The van der Waals surface area contributed by atoms with E-state index in [2.05, 4.69) is 31.0 Å². The largest absolute Gasteiger partial charge is 0.494 e. The molecule has 2 aromatic carbocycles. The van der Waals surface area contributed by atoms with Crippen molar-refractivity contribution in [2.45, 2.75) is 72.1 Å². The van der Waals surface area contributed by atoms with Gasteiger partial charge in [-0.1, -0.05) is 40.0 Å². The van der Waals surface area contributed by atoms with Crippen molar-refractivity contribution in [3.05, 3.63) is 59.4 Å². The van der Waals surface area contributed by atoms with Crippen LogP contribution in [-0.4, -0.2) is 44.0 Å². The first-order valence-corrected chi connectivity index (χ1v) is 13.8. The molecule has 1 heterocycles. The molecule has 0 aliphatic carbocycles. The van der Waals surface area contributed by atoms with Crippen molar-refractivity contribution >= 4 is 22.4 Å². The summed E-state index contributed by atoms with van der Waals surface area (Å²) in [6, 6.07) is 13.5. The molecule has 0 fully saturated rings. The maximum Gasteiger partial charge on any atom is 0.197 e. The van der Waals surface area contributed by atoms with Crippen LogP contribution in [0.5, 0.6) is 5.75 Å². The fourth-order valence-electron chi connectivity index (χ4n) is 4.49. The highest BCUT2D eigenvalue weighted by Crippen LogP contribution is 2.32. The molecule has 3 aromatic rings. The van der Waals surface area contributed by atoms with E-state index in [0.717, 1.165) is 60.4 Å². The topological polar surface area (TPSA) is 54.7 Å². The fraction of sp³-hybridized carbons (Fsp3) is 0.516. The summed E-state index contributed by atoms with van der Waals surface area (Å²) >= 11 is 0. The SMILES string of the molecule is CCCCc1oc2ccc(NC)cc2c1C(=O)c1ccc(OCCCN(CCCC)CCCC)cc1. The van der Waals surface area contributed by atoms with Gasteiger partial charge in [0.2, 0.25) is 0 Å². The number of furan rings is 1. The van der Waals surface area contributed by atoms with E-state index in [1.165, 1.54) is 38.8 Å². The second kappa shape index (κ2) is 14.7. The number of carbonyl (C=O) groups is 1. The van der Waals surface area contributed by atoms with Crippen molar-refractivity contribution in [2.24, 2.45) is 0 Å². The Hall–Kier alpha value is -2.79. The number of benzene rings is 2. The first-order chi connectivity index (χ1) is 17.6. The number of aryl methyl sites for hydroxylation is 1. The van der Waals surface area contributed by atoms with Gasteiger partial charge in [-0.2, -0.15) is 0 Å². The number of fused-ring (bicyclic) bond motifs is 1. The van der Waals surface area contributed by atoms with Crippen molar-refractivity contribution in [2.75, 3.05) is 38.6 Å². The number of hydrogen-bond acceptors (Lipinski definition) is 5. The zero-order valence-corrected chi connectivity index (χ0v) is 22.7. The zero-order valence-electron chi connectivity index (χ0n) is 22.7. The molecule has 0 bridgehead atoms. The number of nitrogens with one attached hydrogen (secondary N) is 1. The van der Waals surface area contributed by atoms with Crippen LogP contribution < -0.4 is 10.1 Å². The Morgan fingerprint density at radius 2 is 1.56 bits per heavy atom. The predicted molar refractivity (Wildman–Crippen MR) is 151 cm³/mol. The van der Waals surface area contributed by atoms with Crippen LogP contribution in [0, 0.1) is 0 Å². The first-order valence-electron chi connectivity index (χ1n) is 13.8. The summed E-state index contributed by atoms with van der Waals surface area (Å²) in [5, 5.41) is 4.03. The third kappa shape index (κ3) is 7.60. The average Bonchev–Trinajstić information content (AvgIpc) is 3.28. The number of unbranched alkanes of at least 4 members (excludes halogenated alkanes) is 3. The zero-order chi connectivity index (χ0) is 25.8. The van der Waals surface area contributed by atoms with E-state index in [9.17, 15) is 4.79 Å². The Morgan fingerprint density at radius 1 is 0.889 bits per heavy atom. The van der Waals surface area contributed by atoms with E-state index in [-0.39, 0.29) is 5.78 Å². The summed E-state index contributed by atoms with van der Waals surface area (Å²) in [7, 11) is 1.88. The second-order valence-electron chi connectivity index (χ2n) is 9.57. The van der Waals surface area contributed by atoms with Crippen LogP contribution >= 0.6 is 0 Å². The lowest BCUT2D eigenvalue weighted by Gasteiger charge is -2.21. The molecule has 0 spiro atoms. The van der Waals surface area contributed by atoms with E-state index in [0.29, 0.717) is 17.7 Å². The molecule has 0 saturated carbocycles. The maximum absolute atomic E-state index is 13.6. The molecular weight excluding hydrogens is 448 g/mol. The molecule has 1 N–H and O–H groups in total. The number of nitrogens with zero attached hydrogens (tertiary/aromatic N) is 1. The highest BCUT2D eigenvalue weighted by atomic mass is 16.5. The summed E-state index contributed by atoms with van der Waals surface area (Å²) in [5.41, 5.74) is 3.06. The molecule has 0 unspecified atom stereocenters. The van der Waals surface area contributed by atoms with Gasteiger partial charge in [-0.3, -0.25) is 4.79 Å². The number of hydrogen-bond donors (Lipinski definition) is 1. The number of ether oxygens (including phenoxy) is 1. The van der Waals surface area contributed by atoms with Crippen LogP contribution in [0.2, 0.25) is 0 Å². The van der Waals surface area contributed by atoms with E-state index in [1.54, 1.807) is 0 Å². The van der Waals surface area contributed by atoms with Crippen LogP contribution in [-0.2, 0) is 6.42 Å². The molecular formula is C31H44N2O3. The normalized spacial score (nSPS) is 11.4. The molecule has 5 nitrogen and oxygen atoms in total. The Balaban J connectivity index is 1.65. The van der Waals surface area contributed by atoms with Crippen molar-refractivity contribution < 1.29 is 13.9 Å². The Kier molecular flexibility index (Phi) is 11.3. The van der Waals surface area contributed by atoms with E-state index in [4.69, 9.17) is 9.15 Å². The minimum atomic E-state index is 0.00199. The van der Waals surface area contributed by atoms with Crippen LogP contribution in [0.25, 0.3) is 11.0 Å². The molecule has 1 aromatic heterocycles. The molecule has 5 heteroatoms. The third-order valence-electron chi connectivity index (χ3n) is 6.69. The van der Waals surface area contributed by atoms with Gasteiger partial charge in [0.25, 0.3) is 0 Å². The standard InChI is InChI=1S/C31H44N2O3/c1-5-8-12-29-30(27-23-25(32-4)15-18-28(27)36-29)31(34)24-13-16-26(17-14-24)35-22-11-21-33(19-9-6-2)20-10-7-3/h13-18,23,32H,5-12,19-22H2,1-4H3. The van der Waals surface area contributed by atoms with Gasteiger partial charge >= 0.3 is 0 Å². The van der Waals surface area contributed by atoms with E-state index >= 15 is 0 Å². The Labute approximate surface area is 217 Å². The van der Waals surface area contributed by atoms with Gasteiger partial charge in [-0.15, -0.1) is 0 Å². The average molecular weight is 493 g/mol. The summed E-state index contributed by atoms with van der Waals surface area (Å²) < 4.78 is 12.1. The lowest BCUT2D eigenvalue weighted by atomic mass is 9.98. The predicted octanol–water partition coefficient (Wildman–Crippen LogP) is 7.72. The molecule has 0 radical (unpaired) electrons. The minimum Gasteiger partial charge on any atom is -0.494 e. The molecule has 0 aliphatic rings. The van der Waals surface area contributed by atoms with Gasteiger partial charge in [-0.05, 0) is 81.2 Å². The van der Waals surface area contributed by atoms with Gasteiger partial charge in [0, 0.05) is 36.7 Å². The number of ketones is 1. The lowest BCUT2D eigenvalue weighted by molar-refractivity contribution is 0.103. The van der Waals surface area contributed by atoms with Crippen LogP contribution in [0.3, 0.4) is 0 Å². The van der Waals surface area contributed by atoms with Gasteiger partial charge in [0.05, 0.1) is 12.2 Å². The summed E-state index contributed by atoms with van der Waals surface area (Å²) in [6.45, 7) is 10.7. The minimum absolute atomic E-state index is 0.00199. The first kappa shape index (κ1) is 27.8. The molecule has 0 atom stereocenters. The van der Waals surface area contributed by atoms with Crippen molar-refractivity contribution in [1.82, 2.24) is 4.90 Å². The van der Waals surface area contributed by atoms with Gasteiger partial charge in [0.1, 0.15) is 17.1 Å². The van der Waals surface area contributed by atoms with Gasteiger partial charge < -0.3 is 19.4 Å². The molecule has 36 heavy (non-hydrogen) atoms. The third-order valence-corrected chi connectivity index (χ3v) is 6.69. The Morgan fingerprint density at radius 3 is 2.19 bits per heavy atom. The van der Waals surface area contributed by atoms with Gasteiger partial charge in [-0.25, -0.2) is 0 Å². The summed E-state index contributed by atoms with van der Waals surface area (Å²) in [4.78, 5) is 16.2. The Bertz CT molecular complexity index is 1060. The monoisotopic (exact) mass is 492 g/mol. The second-order valence-corrected chi connectivity index (χ2v) is 9.57. The smallest absolute Gasteiger partial charge is 0.197 e. The highest BCUT2D eigenvalue weighted by Gasteiger charge is 2.22. The van der Waals surface area contributed by atoms with Crippen LogP contribution in [0.15, 0.2) is 46.9 Å². The molecule has 3 rings (SSSR count). The van der Waals surface area contributed by atoms with Crippen LogP contribution in [0.1, 0.15) is 87.4 Å². The van der Waals surface area contributed by atoms with Crippen molar-refractivity contribution in [1.29, 1.82) is 0 Å². The summed E-state index contributed by atoms with van der Waals surface area (Å²) in [6.07, 6.45) is 8.77. The molecule has 0 aliphatic heterocycles. The van der Waals surface area contributed by atoms with Crippen molar-refractivity contribution in [3.63, 3.8) is 0 Å². The van der Waals surface area contributed by atoms with Crippen LogP contribution in [0.4, 0.5) is 5.69 Å². The number of anilines is 1. The molecule has 0 saturated heterocycles. The summed E-state index contributed by atoms with van der Waals surface area (Å²) in [5.74, 6) is 1.59.